The molecule has 0 radical (unpaired) electrons. The van der Waals surface area contributed by atoms with Crippen molar-refractivity contribution >= 4 is 17.2 Å². The van der Waals surface area contributed by atoms with Crippen LogP contribution in [0.3, 0.4) is 0 Å². The molecule has 5 nitrogen and oxygen atoms in total. The third-order valence-electron chi connectivity index (χ3n) is 3.99. The van der Waals surface area contributed by atoms with Gasteiger partial charge in [0.1, 0.15) is 5.69 Å². The Labute approximate surface area is 151 Å². The highest BCUT2D eigenvalue weighted by atomic mass is 32.1. The second-order valence-corrected chi connectivity index (χ2v) is 7.01. The van der Waals surface area contributed by atoms with Crippen LogP contribution < -0.4 is 5.32 Å². The summed E-state index contributed by atoms with van der Waals surface area (Å²) in [5, 5.41) is 6.65. The van der Waals surface area contributed by atoms with Crippen molar-refractivity contribution in [2.45, 2.75) is 19.1 Å². The summed E-state index contributed by atoms with van der Waals surface area (Å²) in [6.07, 6.45) is -2.91. The summed E-state index contributed by atoms with van der Waals surface area (Å²) < 4.78 is 43.0. The molecule has 0 spiro atoms. The highest BCUT2D eigenvalue weighted by Gasteiger charge is 2.39. The van der Waals surface area contributed by atoms with Gasteiger partial charge < -0.3 is 14.7 Å². The third-order valence-corrected chi connectivity index (χ3v) is 5.07. The minimum Gasteiger partial charge on any atom is -0.379 e. The SMILES string of the molecule is C=CC1CN(C(=O)c2ccc(-c3noc(C(F)(F)F)c3C)s2)CC(=C)N1. The number of hydrogen-bond acceptors (Lipinski definition) is 5. The number of amides is 1. The van der Waals surface area contributed by atoms with Crippen molar-refractivity contribution in [3.8, 4) is 10.6 Å². The van der Waals surface area contributed by atoms with Crippen LogP contribution in [0, 0.1) is 6.92 Å². The van der Waals surface area contributed by atoms with Crippen LogP contribution in [-0.2, 0) is 6.18 Å². The summed E-state index contributed by atoms with van der Waals surface area (Å²) in [4.78, 5) is 15.2. The fourth-order valence-corrected chi connectivity index (χ4v) is 3.75. The molecule has 2 aromatic rings. The minimum atomic E-state index is -4.61. The Morgan fingerprint density at radius 2 is 2.23 bits per heavy atom. The number of carbonyl (C=O) groups is 1. The van der Waals surface area contributed by atoms with Gasteiger partial charge >= 0.3 is 6.18 Å². The zero-order valence-electron chi connectivity index (χ0n) is 13.9. The number of hydrogen-bond donors (Lipinski definition) is 1. The maximum Gasteiger partial charge on any atom is 0.452 e. The van der Waals surface area contributed by atoms with Crippen molar-refractivity contribution in [2.75, 3.05) is 13.1 Å². The van der Waals surface area contributed by atoms with Gasteiger partial charge in [0.15, 0.2) is 0 Å². The fourth-order valence-electron chi connectivity index (χ4n) is 2.74. The van der Waals surface area contributed by atoms with E-state index in [0.29, 0.717) is 28.5 Å². The normalized spacial score (nSPS) is 17.9. The molecular formula is C17H16F3N3O2S. The number of rotatable bonds is 3. The lowest BCUT2D eigenvalue weighted by atomic mass is 10.1. The lowest BCUT2D eigenvalue weighted by Gasteiger charge is -2.33. The van der Waals surface area contributed by atoms with Crippen LogP contribution in [-0.4, -0.2) is 35.1 Å². The number of carbonyl (C=O) groups excluding carboxylic acids is 1. The number of nitrogens with zero attached hydrogens (tertiary/aromatic N) is 2. The Morgan fingerprint density at radius 3 is 2.85 bits per heavy atom. The molecule has 1 amide bonds. The predicted molar refractivity (Wildman–Crippen MR) is 91.7 cm³/mol. The molecule has 1 aliphatic rings. The molecule has 1 N–H and O–H groups in total. The molecular weight excluding hydrogens is 367 g/mol. The topological polar surface area (TPSA) is 58.4 Å². The van der Waals surface area contributed by atoms with Crippen molar-refractivity contribution in [3.63, 3.8) is 0 Å². The monoisotopic (exact) mass is 383 g/mol. The molecule has 0 aromatic carbocycles. The molecule has 0 aliphatic carbocycles. The third kappa shape index (κ3) is 3.39. The van der Waals surface area contributed by atoms with Gasteiger partial charge in [-0.15, -0.1) is 17.9 Å². The van der Waals surface area contributed by atoms with Crippen molar-refractivity contribution < 1.29 is 22.5 Å². The van der Waals surface area contributed by atoms with Crippen molar-refractivity contribution in [1.82, 2.24) is 15.4 Å². The van der Waals surface area contributed by atoms with Crippen molar-refractivity contribution in [3.05, 3.63) is 53.3 Å². The molecule has 2 aromatic heterocycles. The summed E-state index contributed by atoms with van der Waals surface area (Å²) in [6, 6.07) is 3.06. The zero-order valence-corrected chi connectivity index (χ0v) is 14.7. The van der Waals surface area contributed by atoms with E-state index >= 15 is 0 Å². The van der Waals surface area contributed by atoms with Gasteiger partial charge in [-0.25, -0.2) is 0 Å². The molecule has 3 rings (SSSR count). The summed E-state index contributed by atoms with van der Waals surface area (Å²) in [5.74, 6) is -1.34. The average Bonchev–Trinajstić information content (AvgIpc) is 3.19. The molecule has 1 unspecified atom stereocenters. The number of halogens is 3. The maximum absolute atomic E-state index is 12.8. The molecule has 1 fully saturated rings. The molecule has 138 valence electrons. The first-order valence-corrected chi connectivity index (χ1v) is 8.52. The van der Waals surface area contributed by atoms with Gasteiger partial charge in [0.2, 0.25) is 5.76 Å². The van der Waals surface area contributed by atoms with E-state index in [0.717, 1.165) is 11.3 Å². The zero-order chi connectivity index (χ0) is 19.1. The molecule has 9 heteroatoms. The lowest BCUT2D eigenvalue weighted by Crippen LogP contribution is -2.50. The van der Waals surface area contributed by atoms with Gasteiger partial charge in [-0.3, -0.25) is 4.79 Å². The molecule has 1 atom stereocenters. The van der Waals surface area contributed by atoms with Gasteiger partial charge in [-0.1, -0.05) is 17.8 Å². The molecule has 1 aliphatic heterocycles. The predicted octanol–water partition coefficient (Wildman–Crippen LogP) is 3.84. The largest absolute Gasteiger partial charge is 0.452 e. The first-order valence-electron chi connectivity index (χ1n) is 7.70. The summed E-state index contributed by atoms with van der Waals surface area (Å²) in [5.41, 5.74) is 0.698. The Morgan fingerprint density at radius 1 is 1.50 bits per heavy atom. The summed E-state index contributed by atoms with van der Waals surface area (Å²) in [6.45, 7) is 9.66. The molecule has 0 saturated carbocycles. The van der Waals surface area contributed by atoms with Gasteiger partial charge in [0.05, 0.1) is 22.3 Å². The quantitative estimate of drug-likeness (QED) is 0.818. The Hall–Kier alpha value is -2.55. The number of thiophene rings is 1. The Balaban J connectivity index is 1.84. The van der Waals surface area contributed by atoms with Gasteiger partial charge in [0, 0.05) is 17.8 Å². The first-order chi connectivity index (χ1) is 12.2. The molecule has 3 heterocycles. The van der Waals surface area contributed by atoms with E-state index < -0.39 is 11.9 Å². The van der Waals surface area contributed by atoms with Gasteiger partial charge in [-0.2, -0.15) is 13.2 Å². The van der Waals surface area contributed by atoms with Crippen LogP contribution in [0.2, 0.25) is 0 Å². The molecule has 0 bridgehead atoms. The number of alkyl halides is 3. The number of piperazine rings is 1. The van der Waals surface area contributed by atoms with Crippen LogP contribution in [0.1, 0.15) is 21.0 Å². The highest BCUT2D eigenvalue weighted by Crippen LogP contribution is 2.38. The van der Waals surface area contributed by atoms with Crippen LogP contribution in [0.25, 0.3) is 10.6 Å². The van der Waals surface area contributed by atoms with Crippen LogP contribution in [0.15, 0.2) is 41.6 Å². The smallest absolute Gasteiger partial charge is 0.379 e. The summed E-state index contributed by atoms with van der Waals surface area (Å²) >= 11 is 1.08. The summed E-state index contributed by atoms with van der Waals surface area (Å²) in [7, 11) is 0. The fraction of sp³-hybridized carbons (Fsp3) is 0.294. The van der Waals surface area contributed by atoms with Crippen molar-refractivity contribution in [1.29, 1.82) is 0 Å². The van der Waals surface area contributed by atoms with Gasteiger partial charge in [-0.05, 0) is 19.1 Å². The molecule has 26 heavy (non-hydrogen) atoms. The highest BCUT2D eigenvalue weighted by molar-refractivity contribution is 7.17. The first kappa shape index (κ1) is 18.2. The molecule has 1 saturated heterocycles. The minimum absolute atomic E-state index is 0.0910. The lowest BCUT2D eigenvalue weighted by molar-refractivity contribution is -0.156. The maximum atomic E-state index is 12.8. The van der Waals surface area contributed by atoms with Crippen molar-refractivity contribution in [2.24, 2.45) is 0 Å². The second-order valence-electron chi connectivity index (χ2n) is 5.92. The van der Waals surface area contributed by atoms with Crippen LogP contribution >= 0.6 is 11.3 Å². The van der Waals surface area contributed by atoms with E-state index in [-0.39, 0.29) is 23.2 Å². The Bertz CT molecular complexity index is 869. The number of aromatic nitrogens is 1. The van der Waals surface area contributed by atoms with Crippen LogP contribution in [0.5, 0.6) is 0 Å². The van der Waals surface area contributed by atoms with E-state index in [1.165, 1.54) is 6.92 Å². The Kier molecular flexibility index (Phi) is 4.66. The second kappa shape index (κ2) is 6.64. The standard InChI is InChI=1S/C17H16F3N3O2S/c1-4-11-8-23(7-9(2)21-11)16(24)13-6-5-12(26-13)14-10(3)15(25-22-14)17(18,19)20/h4-6,11,21H,1-2,7-8H2,3H3. The average molecular weight is 383 g/mol. The van der Waals surface area contributed by atoms with E-state index in [9.17, 15) is 18.0 Å². The van der Waals surface area contributed by atoms with Gasteiger partial charge in [0.25, 0.3) is 5.91 Å². The van der Waals surface area contributed by atoms with E-state index in [4.69, 9.17) is 0 Å². The number of nitrogens with one attached hydrogen (secondary N) is 1. The van der Waals surface area contributed by atoms with Crippen LogP contribution in [0.4, 0.5) is 13.2 Å². The van der Waals surface area contributed by atoms with E-state index in [1.807, 2.05) is 0 Å². The van der Waals surface area contributed by atoms with E-state index in [2.05, 4.69) is 28.2 Å². The van der Waals surface area contributed by atoms with E-state index in [1.54, 1.807) is 23.1 Å².